The normalized spacial score (nSPS) is 18.4. The fourth-order valence-electron chi connectivity index (χ4n) is 3.79. The number of hydrogen-bond donors (Lipinski definition) is 1. The summed E-state index contributed by atoms with van der Waals surface area (Å²) in [6.45, 7) is 3.10. The van der Waals surface area contributed by atoms with E-state index in [9.17, 15) is 9.59 Å². The molecule has 0 aliphatic carbocycles. The molecule has 1 N–H and O–H groups in total. The summed E-state index contributed by atoms with van der Waals surface area (Å²) in [5.74, 6) is 0.734. The van der Waals surface area contributed by atoms with E-state index in [4.69, 9.17) is 9.47 Å². The average molecular weight is 412 g/mol. The van der Waals surface area contributed by atoms with E-state index in [1.807, 2.05) is 35.2 Å². The van der Waals surface area contributed by atoms with Gasteiger partial charge >= 0.3 is 0 Å². The highest BCUT2D eigenvalue weighted by molar-refractivity contribution is 5.90. The van der Waals surface area contributed by atoms with Crippen LogP contribution in [0, 0.1) is 5.92 Å². The molecule has 7 heteroatoms. The van der Waals surface area contributed by atoms with Crippen LogP contribution in [-0.2, 0) is 16.1 Å². The largest absolute Gasteiger partial charge is 0.497 e. The number of likely N-dealkylation sites (tertiary alicyclic amines) is 1. The third-order valence-electron chi connectivity index (χ3n) is 5.45. The molecular formula is C23H29N3O4. The van der Waals surface area contributed by atoms with E-state index in [1.54, 1.807) is 26.5 Å². The SMILES string of the molecule is CCCCN1C(=O)CC(C(=O)NCc2ccc(OC)nc2)C1c1ccc(OC)cc1. The van der Waals surface area contributed by atoms with Crippen LogP contribution in [0.2, 0.25) is 0 Å². The van der Waals surface area contributed by atoms with Crippen molar-refractivity contribution in [2.45, 2.75) is 38.8 Å². The lowest BCUT2D eigenvalue weighted by Crippen LogP contribution is -2.35. The first-order valence-corrected chi connectivity index (χ1v) is 10.3. The fourth-order valence-corrected chi connectivity index (χ4v) is 3.79. The molecule has 2 atom stereocenters. The molecule has 160 valence electrons. The van der Waals surface area contributed by atoms with Crippen molar-refractivity contribution in [3.63, 3.8) is 0 Å². The highest BCUT2D eigenvalue weighted by atomic mass is 16.5. The number of nitrogens with zero attached hydrogens (tertiary/aromatic N) is 2. The van der Waals surface area contributed by atoms with Crippen LogP contribution in [0.5, 0.6) is 11.6 Å². The van der Waals surface area contributed by atoms with Gasteiger partial charge in [0.2, 0.25) is 17.7 Å². The van der Waals surface area contributed by atoms with Gasteiger partial charge in [0.25, 0.3) is 0 Å². The second kappa shape index (κ2) is 10.1. The van der Waals surface area contributed by atoms with E-state index in [0.29, 0.717) is 19.0 Å². The van der Waals surface area contributed by atoms with Crippen molar-refractivity contribution in [1.29, 1.82) is 0 Å². The molecule has 3 rings (SSSR count). The van der Waals surface area contributed by atoms with Gasteiger partial charge in [0.15, 0.2) is 0 Å². The number of benzene rings is 1. The van der Waals surface area contributed by atoms with Gasteiger partial charge in [-0.25, -0.2) is 4.98 Å². The number of unbranched alkanes of at least 4 members (excludes halogenated alkanes) is 1. The summed E-state index contributed by atoms with van der Waals surface area (Å²) < 4.78 is 10.3. The Morgan fingerprint density at radius 3 is 2.53 bits per heavy atom. The third kappa shape index (κ3) is 4.90. The Morgan fingerprint density at radius 1 is 1.17 bits per heavy atom. The predicted molar refractivity (Wildman–Crippen MR) is 113 cm³/mol. The van der Waals surface area contributed by atoms with E-state index < -0.39 is 5.92 Å². The van der Waals surface area contributed by atoms with E-state index in [2.05, 4.69) is 17.2 Å². The summed E-state index contributed by atoms with van der Waals surface area (Å²) in [7, 11) is 3.18. The fraction of sp³-hybridized carbons (Fsp3) is 0.435. The maximum absolute atomic E-state index is 13.1. The maximum atomic E-state index is 13.1. The summed E-state index contributed by atoms with van der Waals surface area (Å²) in [6, 6.07) is 11.0. The molecule has 0 bridgehead atoms. The Morgan fingerprint density at radius 2 is 1.93 bits per heavy atom. The van der Waals surface area contributed by atoms with Crippen molar-refractivity contribution in [2.24, 2.45) is 5.92 Å². The van der Waals surface area contributed by atoms with Crippen LogP contribution in [0.1, 0.15) is 43.4 Å². The number of pyridine rings is 1. The Labute approximate surface area is 177 Å². The molecule has 0 radical (unpaired) electrons. The number of methoxy groups -OCH3 is 2. The second-order valence-corrected chi connectivity index (χ2v) is 7.40. The van der Waals surface area contributed by atoms with E-state index in [-0.39, 0.29) is 24.3 Å². The summed E-state index contributed by atoms with van der Waals surface area (Å²) in [5, 5.41) is 2.97. The van der Waals surface area contributed by atoms with Gasteiger partial charge in [0.1, 0.15) is 5.75 Å². The first-order valence-electron chi connectivity index (χ1n) is 10.3. The van der Waals surface area contributed by atoms with Gasteiger partial charge in [0.05, 0.1) is 26.2 Å². The number of amides is 2. The summed E-state index contributed by atoms with van der Waals surface area (Å²) in [5.41, 5.74) is 1.82. The van der Waals surface area contributed by atoms with Gasteiger partial charge < -0.3 is 19.7 Å². The molecule has 2 amide bonds. The minimum atomic E-state index is -0.436. The zero-order valence-electron chi connectivity index (χ0n) is 17.8. The van der Waals surface area contributed by atoms with Crippen molar-refractivity contribution in [3.05, 3.63) is 53.7 Å². The van der Waals surface area contributed by atoms with Gasteiger partial charge in [-0.1, -0.05) is 31.5 Å². The first-order chi connectivity index (χ1) is 14.6. The van der Waals surface area contributed by atoms with Crippen LogP contribution in [0.25, 0.3) is 0 Å². The smallest absolute Gasteiger partial charge is 0.226 e. The third-order valence-corrected chi connectivity index (χ3v) is 5.45. The zero-order valence-corrected chi connectivity index (χ0v) is 17.8. The zero-order chi connectivity index (χ0) is 21.5. The minimum absolute atomic E-state index is 0.0236. The quantitative estimate of drug-likeness (QED) is 0.686. The monoisotopic (exact) mass is 411 g/mol. The van der Waals surface area contributed by atoms with Gasteiger partial charge in [-0.2, -0.15) is 0 Å². The van der Waals surface area contributed by atoms with E-state index in [1.165, 1.54) is 0 Å². The first kappa shape index (κ1) is 21.6. The molecule has 0 saturated carbocycles. The summed E-state index contributed by atoms with van der Waals surface area (Å²) >= 11 is 0. The molecule has 7 nitrogen and oxygen atoms in total. The van der Waals surface area contributed by atoms with Crippen molar-refractivity contribution >= 4 is 11.8 Å². The van der Waals surface area contributed by atoms with Crippen LogP contribution in [0.4, 0.5) is 0 Å². The minimum Gasteiger partial charge on any atom is -0.497 e. The Kier molecular flexibility index (Phi) is 7.27. The van der Waals surface area contributed by atoms with Crippen LogP contribution < -0.4 is 14.8 Å². The highest BCUT2D eigenvalue weighted by Crippen LogP contribution is 2.39. The van der Waals surface area contributed by atoms with E-state index in [0.717, 1.165) is 29.7 Å². The number of carbonyl (C=O) groups excluding carboxylic acids is 2. The maximum Gasteiger partial charge on any atom is 0.226 e. The number of rotatable bonds is 9. The molecule has 30 heavy (non-hydrogen) atoms. The molecule has 2 heterocycles. The van der Waals surface area contributed by atoms with Gasteiger partial charge in [-0.05, 0) is 29.7 Å². The van der Waals surface area contributed by atoms with Gasteiger partial charge in [-0.3, -0.25) is 9.59 Å². The molecule has 1 aliphatic heterocycles. The molecule has 2 aromatic rings. The average Bonchev–Trinajstić information content (AvgIpc) is 3.12. The predicted octanol–water partition coefficient (Wildman–Crippen LogP) is 3.10. The van der Waals surface area contributed by atoms with Crippen LogP contribution in [0.15, 0.2) is 42.6 Å². The van der Waals surface area contributed by atoms with Crippen molar-refractivity contribution < 1.29 is 19.1 Å². The lowest BCUT2D eigenvalue weighted by molar-refractivity contribution is -0.129. The second-order valence-electron chi connectivity index (χ2n) is 7.40. The topological polar surface area (TPSA) is 80.8 Å². The van der Waals surface area contributed by atoms with Crippen molar-refractivity contribution in [2.75, 3.05) is 20.8 Å². The molecule has 1 saturated heterocycles. The lowest BCUT2D eigenvalue weighted by atomic mass is 9.92. The molecule has 1 fully saturated rings. The number of ether oxygens (including phenoxy) is 2. The van der Waals surface area contributed by atoms with E-state index >= 15 is 0 Å². The molecule has 2 unspecified atom stereocenters. The Balaban J connectivity index is 1.76. The van der Waals surface area contributed by atoms with Crippen molar-refractivity contribution in [1.82, 2.24) is 15.2 Å². The lowest BCUT2D eigenvalue weighted by Gasteiger charge is -2.28. The Hall–Kier alpha value is -3.09. The number of nitrogens with one attached hydrogen (secondary N) is 1. The van der Waals surface area contributed by atoms with Crippen molar-refractivity contribution in [3.8, 4) is 11.6 Å². The molecule has 1 aliphatic rings. The molecule has 0 spiro atoms. The molecular weight excluding hydrogens is 382 g/mol. The van der Waals surface area contributed by atoms with Crippen LogP contribution in [-0.4, -0.2) is 42.5 Å². The molecule has 1 aromatic heterocycles. The summed E-state index contributed by atoms with van der Waals surface area (Å²) in [4.78, 5) is 31.8. The number of carbonyl (C=O) groups is 2. The molecule has 1 aromatic carbocycles. The van der Waals surface area contributed by atoms with Gasteiger partial charge in [0, 0.05) is 31.8 Å². The van der Waals surface area contributed by atoms with Gasteiger partial charge in [-0.15, -0.1) is 0 Å². The number of aromatic nitrogens is 1. The standard InChI is InChI=1S/C23H29N3O4/c1-4-5-12-26-21(27)13-19(22(26)17-7-9-18(29-2)10-8-17)23(28)25-15-16-6-11-20(30-3)24-14-16/h6-11,14,19,22H,4-5,12-13,15H2,1-3H3,(H,25,28). The van der Waals surface area contributed by atoms with Crippen LogP contribution >= 0.6 is 0 Å². The highest BCUT2D eigenvalue weighted by Gasteiger charge is 2.44. The summed E-state index contributed by atoms with van der Waals surface area (Å²) in [6.07, 6.45) is 3.78. The Bertz CT molecular complexity index is 852. The number of hydrogen-bond acceptors (Lipinski definition) is 5. The van der Waals surface area contributed by atoms with Crippen LogP contribution in [0.3, 0.4) is 0 Å².